The number of carbonyl (C=O) groups is 3. The van der Waals surface area contributed by atoms with Gasteiger partial charge in [0, 0.05) is 43.8 Å². The Morgan fingerprint density at radius 1 is 1.02 bits per heavy atom. The van der Waals surface area contributed by atoms with Crippen LogP contribution in [-0.2, 0) is 38.6 Å². The number of hydrogen-bond donors (Lipinski definition) is 2. The molecule has 1 unspecified atom stereocenters. The molecule has 0 bridgehead atoms. The summed E-state index contributed by atoms with van der Waals surface area (Å²) >= 11 is 1.72. The van der Waals surface area contributed by atoms with Gasteiger partial charge in [0.2, 0.25) is 5.91 Å². The molecule has 2 aliphatic rings. The number of nitrogens with zero attached hydrogens (tertiary/aromatic N) is 5. The highest BCUT2D eigenvalue weighted by molar-refractivity contribution is 7.09. The second-order valence-corrected chi connectivity index (χ2v) is 9.51. The first-order valence-corrected chi connectivity index (χ1v) is 12.5. The zero-order valence-electron chi connectivity index (χ0n) is 21.3. The lowest BCUT2D eigenvalue weighted by atomic mass is 10.2. The first kappa shape index (κ1) is 33.0. The topological polar surface area (TPSA) is 138 Å². The SMILES string of the molecule is Cc1ncsc1CN1CCn2cc(CC(=O)N3CCOCC3)nc2C1C.O=C(O)C(F)(F)F.O=C(O)C(F)(F)F. The number of aryl methyl sites for hydroxylation is 1. The molecule has 4 rings (SSSR count). The first-order chi connectivity index (χ1) is 18.5. The van der Waals surface area contributed by atoms with E-state index in [9.17, 15) is 31.1 Å². The van der Waals surface area contributed by atoms with Crippen LogP contribution in [0.15, 0.2) is 11.7 Å². The average Bonchev–Trinajstić information content (AvgIpc) is 3.47. The number of ether oxygens (including phenoxy) is 1. The molecule has 0 aromatic carbocycles. The van der Waals surface area contributed by atoms with Crippen LogP contribution in [0, 0.1) is 6.92 Å². The van der Waals surface area contributed by atoms with E-state index in [1.807, 2.05) is 10.4 Å². The lowest BCUT2D eigenvalue weighted by Crippen LogP contribution is -2.41. The van der Waals surface area contributed by atoms with Gasteiger partial charge in [-0.2, -0.15) is 26.3 Å². The van der Waals surface area contributed by atoms with E-state index in [1.165, 1.54) is 4.88 Å². The van der Waals surface area contributed by atoms with Crippen LogP contribution in [0.3, 0.4) is 0 Å². The van der Waals surface area contributed by atoms with Gasteiger partial charge in [0.25, 0.3) is 0 Å². The Balaban J connectivity index is 0.000000333. The number of amides is 1. The molecule has 18 heteroatoms. The van der Waals surface area contributed by atoms with Crippen LogP contribution in [0.4, 0.5) is 26.3 Å². The molecule has 11 nitrogen and oxygen atoms in total. The van der Waals surface area contributed by atoms with Crippen molar-refractivity contribution in [1.29, 1.82) is 0 Å². The average molecular weight is 604 g/mol. The van der Waals surface area contributed by atoms with Crippen molar-refractivity contribution < 1.29 is 55.7 Å². The predicted octanol–water partition coefficient (Wildman–Crippen LogP) is 2.89. The number of alkyl halides is 6. The summed E-state index contributed by atoms with van der Waals surface area (Å²) in [6, 6.07) is 0.234. The molecule has 0 saturated carbocycles. The maximum Gasteiger partial charge on any atom is 0.490 e. The first-order valence-electron chi connectivity index (χ1n) is 11.6. The van der Waals surface area contributed by atoms with Crippen molar-refractivity contribution in [2.24, 2.45) is 0 Å². The second-order valence-electron chi connectivity index (χ2n) is 8.57. The molecule has 0 spiro atoms. The van der Waals surface area contributed by atoms with Crippen molar-refractivity contribution in [1.82, 2.24) is 24.3 Å². The third-order valence-corrected chi connectivity index (χ3v) is 6.70. The monoisotopic (exact) mass is 603 g/mol. The van der Waals surface area contributed by atoms with Gasteiger partial charge in [-0.05, 0) is 13.8 Å². The Bertz CT molecular complexity index is 1140. The number of imidazole rings is 1. The van der Waals surface area contributed by atoms with Gasteiger partial charge in [-0.1, -0.05) is 0 Å². The van der Waals surface area contributed by atoms with Crippen LogP contribution >= 0.6 is 11.3 Å². The molecule has 1 fully saturated rings. The zero-order valence-corrected chi connectivity index (χ0v) is 22.1. The van der Waals surface area contributed by atoms with Gasteiger partial charge in [0.1, 0.15) is 5.82 Å². The quantitative estimate of drug-likeness (QED) is 0.506. The Hall–Kier alpha value is -3.25. The molecule has 2 N–H and O–H groups in total. The Morgan fingerprint density at radius 2 is 1.57 bits per heavy atom. The van der Waals surface area contributed by atoms with Gasteiger partial charge in [0.05, 0.1) is 42.6 Å². The van der Waals surface area contributed by atoms with Gasteiger partial charge in [-0.15, -0.1) is 11.3 Å². The van der Waals surface area contributed by atoms with Crippen molar-refractivity contribution in [3.63, 3.8) is 0 Å². The third-order valence-electron chi connectivity index (χ3n) is 5.78. The molecule has 0 radical (unpaired) electrons. The molecule has 40 heavy (non-hydrogen) atoms. The minimum absolute atomic E-state index is 0.147. The van der Waals surface area contributed by atoms with Crippen LogP contribution in [0.5, 0.6) is 0 Å². The molecule has 1 saturated heterocycles. The van der Waals surface area contributed by atoms with Gasteiger partial charge in [-0.25, -0.2) is 19.6 Å². The zero-order chi connectivity index (χ0) is 30.3. The number of aliphatic carboxylic acids is 2. The Kier molecular flexibility index (Phi) is 11.4. The number of carboxylic acids is 2. The fourth-order valence-corrected chi connectivity index (χ4v) is 4.44. The molecular weight excluding hydrogens is 576 g/mol. The lowest BCUT2D eigenvalue weighted by molar-refractivity contribution is -0.193. The highest BCUT2D eigenvalue weighted by atomic mass is 32.1. The Labute approximate surface area is 228 Å². The van der Waals surface area contributed by atoms with E-state index < -0.39 is 24.3 Å². The molecule has 2 aromatic heterocycles. The molecular formula is C22H27F6N5O6S. The molecule has 2 aliphatic heterocycles. The maximum atomic E-state index is 12.5. The van der Waals surface area contributed by atoms with Crippen LogP contribution in [0.2, 0.25) is 0 Å². The highest BCUT2D eigenvalue weighted by Crippen LogP contribution is 2.28. The largest absolute Gasteiger partial charge is 0.490 e. The number of rotatable bonds is 4. The summed E-state index contributed by atoms with van der Waals surface area (Å²) in [7, 11) is 0. The number of fused-ring (bicyclic) bond motifs is 1. The van der Waals surface area contributed by atoms with E-state index >= 15 is 0 Å². The number of carboxylic acid groups (broad SMARTS) is 2. The third kappa shape index (κ3) is 9.74. The van der Waals surface area contributed by atoms with Crippen molar-refractivity contribution >= 4 is 29.2 Å². The van der Waals surface area contributed by atoms with E-state index in [-0.39, 0.29) is 11.9 Å². The summed E-state index contributed by atoms with van der Waals surface area (Å²) < 4.78 is 71.0. The summed E-state index contributed by atoms with van der Waals surface area (Å²) in [6.07, 6.45) is -7.74. The summed E-state index contributed by atoms with van der Waals surface area (Å²) in [5.41, 5.74) is 3.90. The molecule has 4 heterocycles. The molecule has 0 aliphatic carbocycles. The molecule has 1 atom stereocenters. The summed E-state index contributed by atoms with van der Waals surface area (Å²) in [4.78, 5) is 45.1. The fourth-order valence-electron chi connectivity index (χ4n) is 3.63. The second kappa shape index (κ2) is 13.9. The molecule has 2 aromatic rings. The minimum atomic E-state index is -5.08. The van der Waals surface area contributed by atoms with E-state index in [0.717, 1.165) is 36.8 Å². The summed E-state index contributed by atoms with van der Waals surface area (Å²) in [5, 5.41) is 14.2. The van der Waals surface area contributed by atoms with E-state index in [2.05, 4.69) is 34.5 Å². The van der Waals surface area contributed by atoms with Crippen molar-refractivity contribution in [2.45, 2.75) is 51.8 Å². The van der Waals surface area contributed by atoms with Gasteiger partial charge < -0.3 is 24.4 Å². The standard InChI is InChI=1S/C18H25N5O2S.2C2HF3O2/c1-13-16(26-12-19-13)11-22-3-4-23-10-15(20-18(23)14(22)2)9-17(24)21-5-7-25-8-6-21;2*3-2(4,5)1(6)7/h10,12,14H,3-9,11H2,1-2H3;2*(H,6,7). The van der Waals surface area contributed by atoms with Gasteiger partial charge in [-0.3, -0.25) is 9.69 Å². The van der Waals surface area contributed by atoms with Gasteiger partial charge >= 0.3 is 24.3 Å². The lowest BCUT2D eigenvalue weighted by Gasteiger charge is -2.33. The maximum absolute atomic E-state index is 12.5. The number of halogens is 6. The van der Waals surface area contributed by atoms with E-state index in [1.54, 1.807) is 11.3 Å². The van der Waals surface area contributed by atoms with Crippen molar-refractivity contribution in [2.75, 3.05) is 32.8 Å². The normalized spacial score (nSPS) is 17.6. The fraction of sp³-hybridized carbons (Fsp3) is 0.591. The summed E-state index contributed by atoms with van der Waals surface area (Å²) in [6.45, 7) is 9.71. The number of morpholine rings is 1. The molecule has 1 amide bonds. The number of aromatic nitrogens is 3. The number of hydrogen-bond acceptors (Lipinski definition) is 8. The van der Waals surface area contributed by atoms with Crippen molar-refractivity contribution in [3.8, 4) is 0 Å². The molecule has 224 valence electrons. The minimum Gasteiger partial charge on any atom is -0.475 e. The predicted molar refractivity (Wildman–Crippen MR) is 126 cm³/mol. The Morgan fingerprint density at radius 3 is 2.05 bits per heavy atom. The van der Waals surface area contributed by atoms with Crippen LogP contribution < -0.4 is 0 Å². The number of thiazole rings is 1. The highest BCUT2D eigenvalue weighted by Gasteiger charge is 2.39. The van der Waals surface area contributed by atoms with Crippen molar-refractivity contribution in [3.05, 3.63) is 33.8 Å². The van der Waals surface area contributed by atoms with E-state index in [0.29, 0.717) is 32.7 Å². The number of carbonyl (C=O) groups excluding carboxylic acids is 1. The van der Waals surface area contributed by atoms with E-state index in [4.69, 9.17) is 29.5 Å². The van der Waals surface area contributed by atoms with Crippen LogP contribution in [0.1, 0.15) is 35.1 Å². The van der Waals surface area contributed by atoms with Gasteiger partial charge in [0.15, 0.2) is 0 Å². The van der Waals surface area contributed by atoms with Crippen LogP contribution in [-0.4, -0.2) is 97.6 Å². The van der Waals surface area contributed by atoms with Crippen LogP contribution in [0.25, 0.3) is 0 Å². The summed E-state index contributed by atoms with van der Waals surface area (Å²) in [5.74, 6) is -4.31. The smallest absolute Gasteiger partial charge is 0.475 e.